The third-order valence-corrected chi connectivity index (χ3v) is 4.74. The Labute approximate surface area is 163 Å². The van der Waals surface area contributed by atoms with Crippen LogP contribution in [0.3, 0.4) is 0 Å². The van der Waals surface area contributed by atoms with Gasteiger partial charge in [-0.25, -0.2) is 0 Å². The molecule has 0 spiro atoms. The Morgan fingerprint density at radius 3 is 2.57 bits per heavy atom. The molecule has 0 saturated heterocycles. The van der Waals surface area contributed by atoms with Gasteiger partial charge in [-0.1, -0.05) is 6.07 Å². The summed E-state index contributed by atoms with van der Waals surface area (Å²) in [6, 6.07) is 16.5. The van der Waals surface area contributed by atoms with Gasteiger partial charge in [0.05, 0.1) is 11.2 Å². The Kier molecular flexibility index (Phi) is 4.93. The van der Waals surface area contributed by atoms with E-state index in [0.717, 1.165) is 35.1 Å². The first kappa shape index (κ1) is 18.0. The van der Waals surface area contributed by atoms with Crippen molar-refractivity contribution >= 4 is 34.1 Å². The van der Waals surface area contributed by atoms with E-state index in [2.05, 4.69) is 20.9 Å². The summed E-state index contributed by atoms with van der Waals surface area (Å²) in [5, 5.41) is 9.99. The van der Waals surface area contributed by atoms with E-state index in [4.69, 9.17) is 0 Å². The molecule has 1 heterocycles. The molecule has 1 aliphatic carbocycles. The summed E-state index contributed by atoms with van der Waals surface area (Å²) in [4.78, 5) is 29.0. The predicted molar refractivity (Wildman–Crippen MR) is 110 cm³/mol. The molecule has 6 heteroatoms. The van der Waals surface area contributed by atoms with E-state index in [9.17, 15) is 9.59 Å². The van der Waals surface area contributed by atoms with Crippen LogP contribution < -0.4 is 16.0 Å². The normalized spacial score (nSPS) is 14.3. The maximum absolute atomic E-state index is 12.6. The van der Waals surface area contributed by atoms with Gasteiger partial charge in [0, 0.05) is 28.9 Å². The maximum atomic E-state index is 12.6. The number of hydrogen-bond acceptors (Lipinski definition) is 4. The van der Waals surface area contributed by atoms with Crippen LogP contribution in [0.15, 0.2) is 60.8 Å². The number of aromatic nitrogens is 1. The summed E-state index contributed by atoms with van der Waals surface area (Å²) in [7, 11) is 0. The van der Waals surface area contributed by atoms with Crippen LogP contribution >= 0.6 is 0 Å². The smallest absolute Gasteiger partial charge is 0.251 e. The third kappa shape index (κ3) is 4.11. The van der Waals surface area contributed by atoms with Crippen molar-refractivity contribution in [3.05, 3.63) is 66.4 Å². The quantitative estimate of drug-likeness (QED) is 0.616. The van der Waals surface area contributed by atoms with Crippen molar-refractivity contribution in [3.63, 3.8) is 0 Å². The highest BCUT2D eigenvalue weighted by molar-refractivity contribution is 6.03. The molecule has 1 unspecified atom stereocenters. The number of nitrogens with one attached hydrogen (secondary N) is 3. The van der Waals surface area contributed by atoms with Crippen molar-refractivity contribution in [1.82, 2.24) is 10.3 Å². The van der Waals surface area contributed by atoms with E-state index in [1.54, 1.807) is 25.3 Å². The molecule has 142 valence electrons. The number of carbonyl (C=O) groups excluding carboxylic acids is 2. The molecule has 1 aliphatic rings. The van der Waals surface area contributed by atoms with Crippen LogP contribution in [-0.4, -0.2) is 28.9 Å². The summed E-state index contributed by atoms with van der Waals surface area (Å²) in [5.74, 6) is -0.198. The minimum atomic E-state index is -0.446. The lowest BCUT2D eigenvalue weighted by molar-refractivity contribution is -0.116. The van der Waals surface area contributed by atoms with Gasteiger partial charge in [0.15, 0.2) is 0 Å². The van der Waals surface area contributed by atoms with Crippen LogP contribution in [0.5, 0.6) is 0 Å². The second-order valence-corrected chi connectivity index (χ2v) is 7.06. The fourth-order valence-electron chi connectivity index (χ4n) is 2.98. The van der Waals surface area contributed by atoms with Crippen molar-refractivity contribution in [3.8, 4) is 0 Å². The predicted octanol–water partition coefficient (Wildman–Crippen LogP) is 3.57. The molecular weight excluding hydrogens is 352 g/mol. The number of rotatable bonds is 6. The number of pyridine rings is 1. The van der Waals surface area contributed by atoms with Crippen molar-refractivity contribution in [2.45, 2.75) is 31.8 Å². The second kappa shape index (κ2) is 7.68. The average molecular weight is 374 g/mol. The van der Waals surface area contributed by atoms with Gasteiger partial charge < -0.3 is 16.0 Å². The molecule has 3 N–H and O–H groups in total. The Morgan fingerprint density at radius 1 is 1.04 bits per heavy atom. The molecule has 3 aromatic rings. The molecule has 6 nitrogen and oxygen atoms in total. The van der Waals surface area contributed by atoms with Crippen molar-refractivity contribution in [1.29, 1.82) is 0 Å². The van der Waals surface area contributed by atoms with E-state index in [1.807, 2.05) is 42.5 Å². The molecule has 1 atom stereocenters. The number of fused-ring (bicyclic) bond motifs is 1. The Bertz CT molecular complexity index is 1010. The molecule has 0 aliphatic heterocycles. The van der Waals surface area contributed by atoms with Gasteiger partial charge in [0.2, 0.25) is 5.91 Å². The Balaban J connectivity index is 1.39. The van der Waals surface area contributed by atoms with Crippen LogP contribution in [0, 0.1) is 0 Å². The molecule has 28 heavy (non-hydrogen) atoms. The second-order valence-electron chi connectivity index (χ2n) is 7.06. The lowest BCUT2D eigenvalue weighted by atomic mass is 10.1. The zero-order valence-electron chi connectivity index (χ0n) is 15.6. The average Bonchev–Trinajstić information content (AvgIpc) is 3.52. The zero-order valence-corrected chi connectivity index (χ0v) is 15.6. The lowest BCUT2D eigenvalue weighted by Crippen LogP contribution is -2.32. The van der Waals surface area contributed by atoms with E-state index < -0.39 is 6.04 Å². The molecule has 0 radical (unpaired) electrons. The molecule has 2 aromatic carbocycles. The van der Waals surface area contributed by atoms with Gasteiger partial charge >= 0.3 is 0 Å². The highest BCUT2D eigenvalue weighted by Gasteiger charge is 2.23. The Morgan fingerprint density at radius 2 is 1.82 bits per heavy atom. The highest BCUT2D eigenvalue weighted by Crippen LogP contribution is 2.22. The highest BCUT2D eigenvalue weighted by atomic mass is 16.2. The first-order valence-electron chi connectivity index (χ1n) is 9.42. The number of hydrogen-bond donors (Lipinski definition) is 3. The first-order valence-corrected chi connectivity index (χ1v) is 9.42. The van der Waals surface area contributed by atoms with Crippen LogP contribution in [0.25, 0.3) is 10.9 Å². The van der Waals surface area contributed by atoms with Crippen molar-refractivity contribution < 1.29 is 9.59 Å². The van der Waals surface area contributed by atoms with Crippen LogP contribution in [0.1, 0.15) is 30.1 Å². The number of anilines is 2. The maximum Gasteiger partial charge on any atom is 0.251 e. The van der Waals surface area contributed by atoms with Crippen LogP contribution in [0.2, 0.25) is 0 Å². The van der Waals surface area contributed by atoms with Gasteiger partial charge in [0.25, 0.3) is 5.91 Å². The molecule has 0 bridgehead atoms. The zero-order chi connectivity index (χ0) is 19.5. The summed E-state index contributed by atoms with van der Waals surface area (Å²) in [6.45, 7) is 1.80. The van der Waals surface area contributed by atoms with Crippen LogP contribution in [0.4, 0.5) is 11.4 Å². The van der Waals surface area contributed by atoms with Crippen LogP contribution in [-0.2, 0) is 4.79 Å². The molecular formula is C22H22N4O2. The van der Waals surface area contributed by atoms with E-state index in [-0.39, 0.29) is 11.8 Å². The number of amides is 2. The number of nitrogens with zero attached hydrogens (tertiary/aromatic N) is 1. The molecule has 2 amide bonds. The van der Waals surface area contributed by atoms with Gasteiger partial charge in [-0.15, -0.1) is 0 Å². The van der Waals surface area contributed by atoms with Gasteiger partial charge in [0.1, 0.15) is 6.04 Å². The topological polar surface area (TPSA) is 83.1 Å². The summed E-state index contributed by atoms with van der Waals surface area (Å²) >= 11 is 0. The van der Waals surface area contributed by atoms with Crippen molar-refractivity contribution in [2.75, 3.05) is 10.6 Å². The fraction of sp³-hybridized carbons (Fsp3) is 0.227. The van der Waals surface area contributed by atoms with Gasteiger partial charge in [-0.2, -0.15) is 0 Å². The lowest BCUT2D eigenvalue weighted by Gasteiger charge is -2.16. The van der Waals surface area contributed by atoms with Gasteiger partial charge in [-0.05, 0) is 68.3 Å². The van der Waals surface area contributed by atoms with E-state index in [1.165, 1.54) is 0 Å². The number of carbonyl (C=O) groups is 2. The molecule has 1 fully saturated rings. The van der Waals surface area contributed by atoms with Gasteiger partial charge in [-0.3, -0.25) is 14.6 Å². The van der Waals surface area contributed by atoms with E-state index in [0.29, 0.717) is 11.6 Å². The molecule has 1 aromatic heterocycles. The minimum Gasteiger partial charge on any atom is -0.374 e. The standard InChI is InChI=1S/C22H22N4O2/c1-14(21(27)26-20-6-2-5-19-18(20)4-3-13-23-19)24-16-9-7-15(8-10-16)22(28)25-17-11-12-17/h2-10,13-14,17,24H,11-12H2,1H3,(H,25,28)(H,26,27). The SMILES string of the molecule is CC(Nc1ccc(C(=O)NC2CC2)cc1)C(=O)Nc1cccc2ncccc12. The Hall–Kier alpha value is -3.41. The summed E-state index contributed by atoms with van der Waals surface area (Å²) < 4.78 is 0. The largest absolute Gasteiger partial charge is 0.374 e. The summed E-state index contributed by atoms with van der Waals surface area (Å²) in [5.41, 5.74) is 2.97. The van der Waals surface area contributed by atoms with E-state index >= 15 is 0 Å². The number of benzene rings is 2. The third-order valence-electron chi connectivity index (χ3n) is 4.74. The molecule has 1 saturated carbocycles. The van der Waals surface area contributed by atoms with Crippen molar-refractivity contribution in [2.24, 2.45) is 0 Å². The molecule has 4 rings (SSSR count). The summed E-state index contributed by atoms with van der Waals surface area (Å²) in [6.07, 6.45) is 3.85. The fourth-order valence-corrected chi connectivity index (χ4v) is 2.98. The minimum absolute atomic E-state index is 0.0515. The monoisotopic (exact) mass is 374 g/mol. The first-order chi connectivity index (χ1) is 13.6.